The number of rotatable bonds is 16. The number of ether oxygens (including phenoxy) is 1. The molecule has 3 aliphatic rings. The van der Waals surface area contributed by atoms with Crippen LogP contribution in [0.3, 0.4) is 0 Å². The van der Waals surface area contributed by atoms with Gasteiger partial charge in [0.15, 0.2) is 11.8 Å². The van der Waals surface area contributed by atoms with Crippen LogP contribution in [-0.4, -0.2) is 92.1 Å². The standard InChI is InChI=1S/C38H50N6O10S2/c1-8-9-10-11-23-19-28(45)31(25-18-22(4)12-13-24(25)21(2)3)29(20-23)53-37(55)43(7)17-16-27-33(35(47)44(27)56(50,51)52)41-34(46)32(26-14-15-30(39)40-26)42-54-38(5,6)36(48)49/h14,16,18-20,24-25,33,45H,2,8-13,15,17H2,1,3-7H3,(H2,39,40)(H,41,46)(H,48,49)(H,50,51,52)/b27-16+,42-32-/t24-,25+,33-/m0/s1. The van der Waals surface area contributed by atoms with Crippen molar-refractivity contribution in [2.45, 2.75) is 97.1 Å². The summed E-state index contributed by atoms with van der Waals surface area (Å²) in [5, 5.41) is 26.9. The van der Waals surface area contributed by atoms with Gasteiger partial charge in [-0.15, -0.1) is 0 Å². The molecule has 1 aromatic rings. The molecule has 4 rings (SSSR count). The van der Waals surface area contributed by atoms with Crippen LogP contribution in [0.4, 0.5) is 0 Å². The molecule has 2 aliphatic heterocycles. The van der Waals surface area contributed by atoms with Crippen LogP contribution in [0.15, 0.2) is 69.6 Å². The number of unbranched alkanes of at least 4 members (excludes halogenated alkanes) is 2. The number of allylic oxidation sites excluding steroid dienone is 3. The SMILES string of the molecule is C=C(C)[C@@H]1CCC(C)=C[C@H]1c1c(O)cc(CCCCC)cc1OC(=S)N(C)C/C=C1\[C@H](NC(=O)/C(=N\OC(C)(C)C(=O)O)C2=CCC(N)=N2)C(=O)N1S(=O)(=O)O. The van der Waals surface area contributed by atoms with E-state index in [2.05, 4.69) is 35.0 Å². The van der Waals surface area contributed by atoms with Crippen molar-refractivity contribution in [2.75, 3.05) is 13.6 Å². The van der Waals surface area contributed by atoms with Crippen LogP contribution in [-0.2, 0) is 35.9 Å². The van der Waals surface area contributed by atoms with Crippen molar-refractivity contribution in [3.05, 3.63) is 70.6 Å². The van der Waals surface area contributed by atoms with Gasteiger partial charge in [-0.25, -0.2) is 9.79 Å². The molecule has 3 atom stereocenters. The maximum atomic E-state index is 13.5. The van der Waals surface area contributed by atoms with Crippen LogP contribution >= 0.6 is 12.2 Å². The van der Waals surface area contributed by atoms with E-state index in [1.807, 2.05) is 19.9 Å². The number of hydrogen-bond donors (Lipinski definition) is 5. The van der Waals surface area contributed by atoms with Crippen LogP contribution in [0.5, 0.6) is 11.5 Å². The number of β-lactam (4-membered cyclic amide) rings is 1. The zero-order chi connectivity index (χ0) is 41.7. The summed E-state index contributed by atoms with van der Waals surface area (Å²) in [7, 11) is -3.56. The normalized spacial score (nSPS) is 20.8. The van der Waals surface area contributed by atoms with Crippen molar-refractivity contribution in [3.63, 3.8) is 0 Å². The van der Waals surface area contributed by atoms with E-state index < -0.39 is 45.4 Å². The maximum absolute atomic E-state index is 13.5. The fraction of sp³-hybridized carbons (Fsp3) is 0.474. The molecule has 0 unspecified atom stereocenters. The van der Waals surface area contributed by atoms with Gasteiger partial charge in [-0.1, -0.05) is 48.7 Å². The summed E-state index contributed by atoms with van der Waals surface area (Å²) in [6.45, 7) is 12.5. The molecular formula is C38H50N6O10S2. The van der Waals surface area contributed by atoms with E-state index in [0.29, 0.717) is 17.7 Å². The van der Waals surface area contributed by atoms with Crippen molar-refractivity contribution in [2.24, 2.45) is 21.8 Å². The minimum atomic E-state index is -5.12. The monoisotopic (exact) mass is 814 g/mol. The van der Waals surface area contributed by atoms with Crippen LogP contribution in [0.2, 0.25) is 0 Å². The Morgan fingerprint density at radius 3 is 2.57 bits per heavy atom. The molecular weight excluding hydrogens is 765 g/mol. The van der Waals surface area contributed by atoms with E-state index in [-0.39, 0.29) is 57.3 Å². The highest BCUT2D eigenvalue weighted by atomic mass is 32.2. The van der Waals surface area contributed by atoms with E-state index in [9.17, 15) is 37.6 Å². The number of likely N-dealkylation sites (N-methyl/N-ethyl adjacent to an activating group) is 1. The smallest absolute Gasteiger partial charge is 0.366 e. The van der Waals surface area contributed by atoms with Crippen LogP contribution < -0.4 is 15.8 Å². The summed E-state index contributed by atoms with van der Waals surface area (Å²) in [5.74, 6) is -3.29. The summed E-state index contributed by atoms with van der Waals surface area (Å²) in [4.78, 5) is 48.7. The molecule has 6 N–H and O–H groups in total. The summed E-state index contributed by atoms with van der Waals surface area (Å²) in [5.41, 5.74) is 6.54. The van der Waals surface area contributed by atoms with Gasteiger partial charge in [0.2, 0.25) is 5.60 Å². The second-order valence-electron chi connectivity index (χ2n) is 14.6. The van der Waals surface area contributed by atoms with Gasteiger partial charge in [-0.05, 0) is 101 Å². The summed E-state index contributed by atoms with van der Waals surface area (Å²) >= 11 is 5.67. The number of carbonyl (C=O) groups is 3. The highest BCUT2D eigenvalue weighted by molar-refractivity contribution is 7.84. The number of phenols is 1. The number of aromatic hydroxyl groups is 1. The average molecular weight is 815 g/mol. The van der Waals surface area contributed by atoms with Gasteiger partial charge in [0.1, 0.15) is 17.3 Å². The third-order valence-electron chi connectivity index (χ3n) is 9.64. The average Bonchev–Trinajstić information content (AvgIpc) is 3.53. The molecule has 0 spiro atoms. The third kappa shape index (κ3) is 10.2. The van der Waals surface area contributed by atoms with Gasteiger partial charge in [0, 0.05) is 31.5 Å². The number of aliphatic carboxylic acids is 1. The Hall–Kier alpha value is -5.07. The Labute approximate surface area is 332 Å². The first kappa shape index (κ1) is 43.7. The minimum absolute atomic E-state index is 0.0403. The van der Waals surface area contributed by atoms with E-state index >= 15 is 0 Å². The van der Waals surface area contributed by atoms with Gasteiger partial charge < -0.3 is 35.7 Å². The second kappa shape index (κ2) is 17.8. The van der Waals surface area contributed by atoms with Crippen molar-refractivity contribution in [1.29, 1.82) is 0 Å². The first-order valence-electron chi connectivity index (χ1n) is 18.1. The molecule has 1 fully saturated rings. The Morgan fingerprint density at radius 1 is 1.29 bits per heavy atom. The van der Waals surface area contributed by atoms with Gasteiger partial charge in [-0.3, -0.25) is 14.1 Å². The zero-order valence-corrected chi connectivity index (χ0v) is 34.0. The topological polar surface area (TPSA) is 234 Å². The largest absolute Gasteiger partial charge is 0.507 e. The van der Waals surface area contributed by atoms with Gasteiger partial charge in [0.25, 0.3) is 17.0 Å². The number of aryl methyl sites for hydroxylation is 1. The predicted molar refractivity (Wildman–Crippen MR) is 214 cm³/mol. The Kier molecular flexibility index (Phi) is 13.9. The number of benzene rings is 1. The number of nitrogens with two attached hydrogens (primary N) is 1. The first-order chi connectivity index (χ1) is 26.2. The summed E-state index contributed by atoms with van der Waals surface area (Å²) in [6, 6.07) is 2.02. The zero-order valence-electron chi connectivity index (χ0n) is 32.4. The van der Waals surface area contributed by atoms with Crippen molar-refractivity contribution >= 4 is 57.0 Å². The van der Waals surface area contributed by atoms with E-state index in [4.69, 9.17) is 27.5 Å². The second-order valence-corrected chi connectivity index (χ2v) is 16.2. The van der Waals surface area contributed by atoms with E-state index in [1.165, 1.54) is 36.5 Å². The Morgan fingerprint density at radius 2 is 1.98 bits per heavy atom. The Balaban J connectivity index is 1.63. The fourth-order valence-electron chi connectivity index (χ4n) is 6.40. The van der Waals surface area contributed by atoms with Crippen molar-refractivity contribution in [3.8, 4) is 11.5 Å². The summed E-state index contributed by atoms with van der Waals surface area (Å²) in [6.07, 6.45) is 10.3. The Bertz CT molecular complexity index is 2050. The molecule has 0 radical (unpaired) electrons. The predicted octanol–water partition coefficient (Wildman–Crippen LogP) is 4.63. The number of phenolic OH excluding ortho intramolecular Hbond substituents is 1. The maximum Gasteiger partial charge on any atom is 0.366 e. The van der Waals surface area contributed by atoms with Gasteiger partial charge in [0.05, 0.1) is 11.4 Å². The van der Waals surface area contributed by atoms with Gasteiger partial charge in [-0.2, -0.15) is 12.7 Å². The molecule has 0 bridgehead atoms. The molecule has 304 valence electrons. The lowest BCUT2D eigenvalue weighted by Gasteiger charge is -2.38. The highest BCUT2D eigenvalue weighted by Crippen LogP contribution is 2.47. The van der Waals surface area contributed by atoms with E-state index in [1.54, 1.807) is 13.1 Å². The van der Waals surface area contributed by atoms with Crippen LogP contribution in [0.25, 0.3) is 0 Å². The minimum Gasteiger partial charge on any atom is -0.507 e. The number of amidine groups is 1. The van der Waals surface area contributed by atoms with Gasteiger partial charge >= 0.3 is 16.3 Å². The number of nitrogens with one attached hydrogen (secondary N) is 1. The molecule has 0 saturated carbocycles. The molecule has 2 amide bonds. The molecule has 18 heteroatoms. The van der Waals surface area contributed by atoms with Crippen molar-refractivity contribution < 1.29 is 47.1 Å². The van der Waals surface area contributed by atoms with Crippen molar-refractivity contribution in [1.82, 2.24) is 14.5 Å². The lowest BCUT2D eigenvalue weighted by atomic mass is 9.73. The van der Waals surface area contributed by atoms with E-state index in [0.717, 1.165) is 43.2 Å². The quantitative estimate of drug-likeness (QED) is 0.0292. The molecule has 1 saturated heterocycles. The number of nitrogens with zero attached hydrogens (tertiary/aromatic N) is 4. The number of thiocarbonyl (C=S) groups is 1. The third-order valence-corrected chi connectivity index (χ3v) is 10.9. The number of hydrogen-bond acceptors (Lipinski definition) is 12. The van der Waals surface area contributed by atoms with Crippen LogP contribution in [0.1, 0.15) is 90.2 Å². The first-order valence-corrected chi connectivity index (χ1v) is 19.9. The molecule has 56 heavy (non-hydrogen) atoms. The number of oxime groups is 1. The number of carboxylic acids is 1. The molecule has 1 aromatic carbocycles. The number of amides is 2. The fourth-order valence-corrected chi connectivity index (χ4v) is 7.34. The van der Waals surface area contributed by atoms with Crippen LogP contribution in [0, 0.1) is 5.92 Å². The highest BCUT2D eigenvalue weighted by Gasteiger charge is 2.50. The number of aliphatic imine (C=N–C) groups is 1. The number of carbonyl (C=O) groups excluding carboxylic acids is 2. The molecule has 1 aliphatic carbocycles. The lowest BCUT2D eigenvalue weighted by Crippen LogP contribution is -2.64. The molecule has 16 nitrogen and oxygen atoms in total. The summed E-state index contributed by atoms with van der Waals surface area (Å²) < 4.78 is 40.8. The molecule has 2 heterocycles. The lowest BCUT2D eigenvalue weighted by molar-refractivity contribution is -0.161. The molecule has 0 aromatic heterocycles. The number of carboxylic acid groups (broad SMARTS) is 1.